The molecule has 0 aromatic carbocycles. The molecule has 2 saturated heterocycles. The fraction of sp³-hybridized carbons (Fsp3) is 0.471. The molecule has 6 nitrogen and oxygen atoms in total. The number of rotatable bonds is 3. The van der Waals surface area contributed by atoms with Crippen molar-refractivity contribution in [2.24, 2.45) is 0 Å². The molecule has 2 aromatic heterocycles. The third-order valence-corrected chi connectivity index (χ3v) is 4.77. The highest BCUT2D eigenvalue weighted by Gasteiger charge is 2.32. The lowest BCUT2D eigenvalue weighted by atomic mass is 10.2. The van der Waals surface area contributed by atoms with Crippen LogP contribution in [0.15, 0.2) is 30.7 Å². The number of nitrogens with zero attached hydrogens (tertiary/aromatic N) is 4. The predicted molar refractivity (Wildman–Crippen MR) is 87.3 cm³/mol. The van der Waals surface area contributed by atoms with Gasteiger partial charge in [0, 0.05) is 38.2 Å². The Morgan fingerprint density at radius 2 is 2.00 bits per heavy atom. The van der Waals surface area contributed by atoms with E-state index in [0.717, 1.165) is 44.1 Å². The van der Waals surface area contributed by atoms with Gasteiger partial charge in [0.1, 0.15) is 11.6 Å². The third-order valence-electron chi connectivity index (χ3n) is 4.77. The van der Waals surface area contributed by atoms with Gasteiger partial charge in [0.2, 0.25) is 0 Å². The molecule has 1 amide bonds. The van der Waals surface area contributed by atoms with Gasteiger partial charge in [-0.3, -0.25) is 4.79 Å². The van der Waals surface area contributed by atoms with Crippen molar-refractivity contribution in [2.75, 3.05) is 24.5 Å². The number of H-pyrrole nitrogens is 1. The first-order valence-electron chi connectivity index (χ1n) is 8.34. The van der Waals surface area contributed by atoms with Crippen LogP contribution in [0.2, 0.25) is 0 Å². The van der Waals surface area contributed by atoms with Crippen molar-refractivity contribution in [2.45, 2.75) is 31.7 Å². The Labute approximate surface area is 135 Å². The summed E-state index contributed by atoms with van der Waals surface area (Å²) in [6.07, 6.45) is 9.68. The molecule has 23 heavy (non-hydrogen) atoms. The van der Waals surface area contributed by atoms with E-state index in [9.17, 15) is 4.79 Å². The summed E-state index contributed by atoms with van der Waals surface area (Å²) in [4.78, 5) is 28.9. The molecule has 1 N–H and O–H groups in total. The summed E-state index contributed by atoms with van der Waals surface area (Å²) in [5.41, 5.74) is 0.659. The van der Waals surface area contributed by atoms with E-state index in [4.69, 9.17) is 0 Å². The van der Waals surface area contributed by atoms with Crippen LogP contribution in [0.3, 0.4) is 0 Å². The Balaban J connectivity index is 1.51. The van der Waals surface area contributed by atoms with Crippen LogP contribution in [0, 0.1) is 0 Å². The molecule has 2 fully saturated rings. The molecular formula is C17H21N5O. The fourth-order valence-corrected chi connectivity index (χ4v) is 3.57. The molecule has 2 aromatic rings. The van der Waals surface area contributed by atoms with Crippen LogP contribution >= 0.6 is 0 Å². The van der Waals surface area contributed by atoms with E-state index in [-0.39, 0.29) is 11.9 Å². The van der Waals surface area contributed by atoms with Gasteiger partial charge in [-0.2, -0.15) is 0 Å². The SMILES string of the molecule is O=C(c1ccc(N2CCCC2)nc1)N1CCC[C@H]1c1ncc[nH]1. The molecule has 6 heteroatoms. The maximum absolute atomic E-state index is 12.8. The number of carbonyl (C=O) groups excluding carboxylic acids is 1. The third kappa shape index (κ3) is 2.69. The lowest BCUT2D eigenvalue weighted by Gasteiger charge is -2.23. The molecule has 2 aliphatic rings. The summed E-state index contributed by atoms with van der Waals surface area (Å²) >= 11 is 0. The lowest BCUT2D eigenvalue weighted by molar-refractivity contribution is 0.0730. The smallest absolute Gasteiger partial charge is 0.256 e. The van der Waals surface area contributed by atoms with Crippen LogP contribution in [-0.2, 0) is 0 Å². The van der Waals surface area contributed by atoms with E-state index in [0.29, 0.717) is 5.56 Å². The standard InChI is InChI=1S/C17H21N5O/c23-17(22-11-3-4-14(22)16-18-7-8-19-16)13-5-6-15(20-12-13)21-9-1-2-10-21/h5-8,12,14H,1-4,9-11H2,(H,18,19)/t14-/m0/s1. The number of amides is 1. The molecule has 0 bridgehead atoms. The van der Waals surface area contributed by atoms with Crippen molar-refractivity contribution in [1.82, 2.24) is 19.9 Å². The normalized spacial score (nSPS) is 21.1. The topological polar surface area (TPSA) is 65.1 Å². The van der Waals surface area contributed by atoms with Crippen molar-refractivity contribution in [3.8, 4) is 0 Å². The molecule has 0 spiro atoms. The van der Waals surface area contributed by atoms with Crippen molar-refractivity contribution < 1.29 is 4.79 Å². The molecule has 4 rings (SSSR count). The zero-order chi connectivity index (χ0) is 15.6. The predicted octanol–water partition coefficient (Wildman–Crippen LogP) is 2.38. The zero-order valence-electron chi connectivity index (χ0n) is 13.1. The van der Waals surface area contributed by atoms with Gasteiger partial charge in [0.25, 0.3) is 5.91 Å². The Morgan fingerprint density at radius 1 is 1.13 bits per heavy atom. The maximum atomic E-state index is 12.8. The molecule has 1 atom stereocenters. The van der Waals surface area contributed by atoms with Crippen LogP contribution in [0.1, 0.15) is 47.9 Å². The van der Waals surface area contributed by atoms with Crippen molar-refractivity contribution in [3.05, 3.63) is 42.1 Å². The highest BCUT2D eigenvalue weighted by atomic mass is 16.2. The van der Waals surface area contributed by atoms with Crippen molar-refractivity contribution >= 4 is 11.7 Å². The minimum atomic E-state index is 0.0457. The Morgan fingerprint density at radius 3 is 2.70 bits per heavy atom. The van der Waals surface area contributed by atoms with Gasteiger partial charge < -0.3 is 14.8 Å². The quantitative estimate of drug-likeness (QED) is 0.945. The van der Waals surface area contributed by atoms with E-state index in [2.05, 4.69) is 19.9 Å². The fourth-order valence-electron chi connectivity index (χ4n) is 3.57. The molecule has 120 valence electrons. The molecule has 4 heterocycles. The van der Waals surface area contributed by atoms with Gasteiger partial charge in [-0.1, -0.05) is 0 Å². The molecule has 0 radical (unpaired) electrons. The van der Waals surface area contributed by atoms with E-state index in [1.807, 2.05) is 23.2 Å². The van der Waals surface area contributed by atoms with Crippen molar-refractivity contribution in [1.29, 1.82) is 0 Å². The van der Waals surface area contributed by atoms with E-state index in [1.54, 1.807) is 12.4 Å². The maximum Gasteiger partial charge on any atom is 0.256 e. The second-order valence-corrected chi connectivity index (χ2v) is 6.23. The molecular weight excluding hydrogens is 290 g/mol. The number of pyridine rings is 1. The highest BCUT2D eigenvalue weighted by molar-refractivity contribution is 5.94. The molecule has 0 unspecified atom stereocenters. The lowest BCUT2D eigenvalue weighted by Crippen LogP contribution is -2.31. The van der Waals surface area contributed by atoms with Gasteiger partial charge in [0.05, 0.1) is 11.6 Å². The van der Waals surface area contributed by atoms with Gasteiger partial charge in [-0.05, 0) is 37.8 Å². The van der Waals surface area contributed by atoms with Crippen LogP contribution in [0.25, 0.3) is 0 Å². The average molecular weight is 311 g/mol. The number of hydrogen-bond donors (Lipinski definition) is 1. The minimum Gasteiger partial charge on any atom is -0.357 e. The molecule has 0 saturated carbocycles. The van der Waals surface area contributed by atoms with Gasteiger partial charge >= 0.3 is 0 Å². The Bertz CT molecular complexity index is 661. The summed E-state index contributed by atoms with van der Waals surface area (Å²) in [6, 6.07) is 3.92. The number of carbonyl (C=O) groups is 1. The molecule has 0 aliphatic carbocycles. The zero-order valence-corrected chi connectivity index (χ0v) is 13.1. The van der Waals surface area contributed by atoms with E-state index in [1.165, 1.54) is 12.8 Å². The van der Waals surface area contributed by atoms with Gasteiger partial charge in [0.15, 0.2) is 0 Å². The second-order valence-electron chi connectivity index (χ2n) is 6.23. The minimum absolute atomic E-state index is 0.0457. The Hall–Kier alpha value is -2.37. The highest BCUT2D eigenvalue weighted by Crippen LogP contribution is 2.31. The Kier molecular flexibility index (Phi) is 3.73. The first-order valence-corrected chi connectivity index (χ1v) is 8.34. The summed E-state index contributed by atoms with van der Waals surface area (Å²) in [6.45, 7) is 2.90. The number of nitrogens with one attached hydrogen (secondary N) is 1. The summed E-state index contributed by atoms with van der Waals surface area (Å²) < 4.78 is 0. The number of anilines is 1. The van der Waals surface area contributed by atoms with Crippen LogP contribution < -0.4 is 4.90 Å². The van der Waals surface area contributed by atoms with Gasteiger partial charge in [-0.15, -0.1) is 0 Å². The summed E-state index contributed by atoms with van der Waals surface area (Å²) in [5.74, 6) is 1.89. The second kappa shape index (κ2) is 6.02. The first kappa shape index (κ1) is 14.2. The number of imidazole rings is 1. The van der Waals surface area contributed by atoms with E-state index >= 15 is 0 Å². The largest absolute Gasteiger partial charge is 0.357 e. The average Bonchev–Trinajstić information content (AvgIpc) is 3.35. The van der Waals surface area contributed by atoms with Crippen LogP contribution in [0.5, 0.6) is 0 Å². The number of likely N-dealkylation sites (tertiary alicyclic amines) is 1. The molecule has 2 aliphatic heterocycles. The van der Waals surface area contributed by atoms with Crippen molar-refractivity contribution in [3.63, 3.8) is 0 Å². The number of hydrogen-bond acceptors (Lipinski definition) is 4. The van der Waals surface area contributed by atoms with Crippen LogP contribution in [-0.4, -0.2) is 45.4 Å². The first-order chi connectivity index (χ1) is 11.3. The number of aromatic amines is 1. The summed E-state index contributed by atoms with van der Waals surface area (Å²) in [5, 5.41) is 0. The summed E-state index contributed by atoms with van der Waals surface area (Å²) in [7, 11) is 0. The van der Waals surface area contributed by atoms with Gasteiger partial charge in [-0.25, -0.2) is 9.97 Å². The van der Waals surface area contributed by atoms with Crippen LogP contribution in [0.4, 0.5) is 5.82 Å². The monoisotopic (exact) mass is 311 g/mol. The van der Waals surface area contributed by atoms with E-state index < -0.39 is 0 Å². The number of aromatic nitrogens is 3.